The third kappa shape index (κ3) is 4.94. The molecule has 24 heavy (non-hydrogen) atoms. The van der Waals surface area contributed by atoms with Crippen LogP contribution < -0.4 is 10.6 Å². The molecule has 1 aromatic rings. The van der Waals surface area contributed by atoms with E-state index in [-0.39, 0.29) is 5.82 Å². The van der Waals surface area contributed by atoms with Crippen molar-refractivity contribution in [1.29, 1.82) is 0 Å². The Bertz CT molecular complexity index is 559. The average molecular weight is 334 g/mol. The summed E-state index contributed by atoms with van der Waals surface area (Å²) in [7, 11) is 5.68. The van der Waals surface area contributed by atoms with E-state index in [0.29, 0.717) is 18.5 Å². The molecular weight excluding hydrogens is 303 g/mol. The van der Waals surface area contributed by atoms with Crippen molar-refractivity contribution in [3.8, 4) is 0 Å². The molecule has 0 bridgehead atoms. The largest absolute Gasteiger partial charge is 0.356 e. The van der Waals surface area contributed by atoms with Gasteiger partial charge in [0.1, 0.15) is 5.82 Å². The van der Waals surface area contributed by atoms with Crippen LogP contribution in [0.5, 0.6) is 0 Å². The minimum atomic E-state index is -0.148. The van der Waals surface area contributed by atoms with E-state index < -0.39 is 0 Å². The molecule has 134 valence electrons. The van der Waals surface area contributed by atoms with Gasteiger partial charge in [0.05, 0.1) is 0 Å². The number of aliphatic imine (C=N–C) groups is 1. The first-order valence-corrected chi connectivity index (χ1v) is 8.84. The Balaban J connectivity index is 1.88. The highest BCUT2D eigenvalue weighted by Crippen LogP contribution is 2.42. The Kier molecular flexibility index (Phi) is 6.60. The highest BCUT2D eigenvalue weighted by atomic mass is 19.1. The minimum absolute atomic E-state index is 0.148. The molecule has 2 N–H and O–H groups in total. The molecule has 0 heterocycles. The van der Waals surface area contributed by atoms with Crippen LogP contribution >= 0.6 is 0 Å². The zero-order valence-electron chi connectivity index (χ0n) is 15.5. The fraction of sp³-hybridized carbons (Fsp3) is 0.632. The van der Waals surface area contributed by atoms with Crippen LogP contribution in [0.2, 0.25) is 0 Å². The third-order valence-corrected chi connectivity index (χ3v) is 5.08. The van der Waals surface area contributed by atoms with E-state index in [2.05, 4.69) is 22.5 Å². The fourth-order valence-electron chi connectivity index (χ4n) is 3.21. The van der Waals surface area contributed by atoms with Gasteiger partial charge in [-0.2, -0.15) is 0 Å². The van der Waals surface area contributed by atoms with E-state index in [9.17, 15) is 4.39 Å². The summed E-state index contributed by atoms with van der Waals surface area (Å²) in [6, 6.07) is 5.30. The molecule has 0 atom stereocenters. The van der Waals surface area contributed by atoms with Crippen molar-refractivity contribution in [2.75, 3.05) is 27.7 Å². The van der Waals surface area contributed by atoms with Crippen molar-refractivity contribution >= 4 is 5.96 Å². The number of guanidine groups is 1. The van der Waals surface area contributed by atoms with E-state index in [0.717, 1.165) is 23.6 Å². The van der Waals surface area contributed by atoms with Crippen molar-refractivity contribution in [2.45, 2.75) is 45.7 Å². The lowest BCUT2D eigenvalue weighted by atomic mass is 9.67. The van der Waals surface area contributed by atoms with Gasteiger partial charge in [0.25, 0.3) is 0 Å². The number of hydrogen-bond acceptors (Lipinski definition) is 2. The smallest absolute Gasteiger partial charge is 0.191 e. The van der Waals surface area contributed by atoms with Crippen LogP contribution in [0.4, 0.5) is 4.39 Å². The molecule has 1 aromatic carbocycles. The maximum absolute atomic E-state index is 13.8. The molecular formula is C19H31FN4. The van der Waals surface area contributed by atoms with Crippen molar-refractivity contribution in [2.24, 2.45) is 10.4 Å². The van der Waals surface area contributed by atoms with E-state index in [1.807, 2.05) is 31.1 Å². The van der Waals surface area contributed by atoms with Gasteiger partial charge in [0.15, 0.2) is 5.96 Å². The molecule has 0 radical (unpaired) electrons. The Labute approximate surface area is 145 Å². The van der Waals surface area contributed by atoms with Gasteiger partial charge < -0.3 is 15.5 Å². The van der Waals surface area contributed by atoms with Crippen molar-refractivity contribution in [1.82, 2.24) is 15.5 Å². The predicted molar refractivity (Wildman–Crippen MR) is 98.6 cm³/mol. The summed E-state index contributed by atoms with van der Waals surface area (Å²) in [5, 5.41) is 6.78. The molecule has 0 aliphatic heterocycles. The fourth-order valence-corrected chi connectivity index (χ4v) is 3.21. The number of nitrogens with zero attached hydrogens (tertiary/aromatic N) is 2. The Morgan fingerprint density at radius 1 is 1.29 bits per heavy atom. The van der Waals surface area contributed by atoms with E-state index >= 15 is 0 Å². The highest BCUT2D eigenvalue weighted by molar-refractivity contribution is 5.79. The van der Waals surface area contributed by atoms with Gasteiger partial charge >= 0.3 is 0 Å². The van der Waals surface area contributed by atoms with Crippen LogP contribution in [0.25, 0.3) is 0 Å². The van der Waals surface area contributed by atoms with Crippen molar-refractivity contribution in [3.63, 3.8) is 0 Å². The molecule has 5 heteroatoms. The van der Waals surface area contributed by atoms with Crippen LogP contribution in [0.3, 0.4) is 0 Å². The molecule has 0 aromatic heterocycles. The Hall–Kier alpha value is -1.62. The van der Waals surface area contributed by atoms with Crippen LogP contribution in [-0.4, -0.2) is 38.5 Å². The van der Waals surface area contributed by atoms with Gasteiger partial charge in [0, 0.05) is 32.2 Å². The average Bonchev–Trinajstić information content (AvgIpc) is 2.52. The molecule has 1 aliphatic carbocycles. The van der Waals surface area contributed by atoms with E-state index in [1.54, 1.807) is 13.1 Å². The lowest BCUT2D eigenvalue weighted by molar-refractivity contribution is 0.131. The van der Waals surface area contributed by atoms with Gasteiger partial charge in [-0.05, 0) is 56.5 Å². The summed E-state index contributed by atoms with van der Waals surface area (Å²) >= 11 is 0. The predicted octanol–water partition coefficient (Wildman–Crippen LogP) is 3.13. The minimum Gasteiger partial charge on any atom is -0.356 e. The maximum Gasteiger partial charge on any atom is 0.191 e. The zero-order valence-corrected chi connectivity index (χ0v) is 15.5. The van der Waals surface area contributed by atoms with E-state index in [4.69, 9.17) is 0 Å². The first kappa shape index (κ1) is 18.7. The number of nitrogens with one attached hydrogen (secondary N) is 2. The van der Waals surface area contributed by atoms with Crippen molar-refractivity contribution < 1.29 is 4.39 Å². The normalized spacial score (nSPS) is 16.8. The second kappa shape index (κ2) is 8.47. The number of halogens is 1. The monoisotopic (exact) mass is 334 g/mol. The first-order valence-electron chi connectivity index (χ1n) is 8.84. The summed E-state index contributed by atoms with van der Waals surface area (Å²) in [4.78, 5) is 6.27. The van der Waals surface area contributed by atoms with E-state index in [1.165, 1.54) is 25.7 Å². The molecule has 1 fully saturated rings. The maximum atomic E-state index is 13.8. The molecule has 1 aliphatic rings. The summed E-state index contributed by atoms with van der Waals surface area (Å²) in [6.07, 6.45) is 5.16. The van der Waals surface area contributed by atoms with Gasteiger partial charge in [-0.3, -0.25) is 4.99 Å². The van der Waals surface area contributed by atoms with Crippen molar-refractivity contribution in [3.05, 3.63) is 35.1 Å². The molecule has 0 amide bonds. The summed E-state index contributed by atoms with van der Waals surface area (Å²) in [5.41, 5.74) is 2.23. The molecule has 0 saturated heterocycles. The molecule has 4 nitrogen and oxygen atoms in total. The molecule has 0 spiro atoms. The topological polar surface area (TPSA) is 39.7 Å². The van der Waals surface area contributed by atoms with Gasteiger partial charge in [0.2, 0.25) is 0 Å². The quantitative estimate of drug-likeness (QED) is 0.594. The Morgan fingerprint density at radius 3 is 2.58 bits per heavy atom. The van der Waals surface area contributed by atoms with Crippen LogP contribution in [0.15, 0.2) is 23.2 Å². The second-order valence-corrected chi connectivity index (χ2v) is 7.15. The van der Waals surface area contributed by atoms with Gasteiger partial charge in [-0.15, -0.1) is 0 Å². The number of hydrogen-bond donors (Lipinski definition) is 2. The Morgan fingerprint density at radius 2 is 2.04 bits per heavy atom. The summed E-state index contributed by atoms with van der Waals surface area (Å²) < 4.78 is 13.8. The number of rotatable bonds is 7. The van der Waals surface area contributed by atoms with Crippen LogP contribution in [0.1, 0.15) is 43.7 Å². The van der Waals surface area contributed by atoms with Crippen LogP contribution in [-0.2, 0) is 13.1 Å². The lowest BCUT2D eigenvalue weighted by Gasteiger charge is -2.41. The molecule has 0 unspecified atom stereocenters. The van der Waals surface area contributed by atoms with Gasteiger partial charge in [-0.25, -0.2) is 4.39 Å². The standard InChI is InChI=1S/C19H31FN4/c1-5-19(9-6-10-19)14-23-18(21-2)22-12-15-7-8-17(20)16(11-15)13-24(3)4/h7-8,11H,5-6,9-10,12-14H2,1-4H3,(H2,21,22,23). The SMILES string of the molecule is CCC1(CNC(=NC)NCc2ccc(F)c(CN(C)C)c2)CCC1. The summed E-state index contributed by atoms with van der Waals surface area (Å²) in [5.74, 6) is 0.665. The highest BCUT2D eigenvalue weighted by Gasteiger charge is 2.34. The van der Waals surface area contributed by atoms with Gasteiger partial charge in [-0.1, -0.05) is 19.4 Å². The lowest BCUT2D eigenvalue weighted by Crippen LogP contribution is -2.46. The zero-order chi connectivity index (χ0) is 17.6. The second-order valence-electron chi connectivity index (χ2n) is 7.15. The first-order chi connectivity index (χ1) is 11.5. The van der Waals surface area contributed by atoms with Crippen LogP contribution in [0, 0.1) is 11.2 Å². The summed E-state index contributed by atoms with van der Waals surface area (Å²) in [6.45, 7) is 4.48. The number of benzene rings is 1. The third-order valence-electron chi connectivity index (χ3n) is 5.08. The molecule has 2 rings (SSSR count). The molecule has 1 saturated carbocycles.